The standard InChI is InChI=1S/C44H25N5S2/c1-2-10-26(11-3-1)41-46-42(48-43(47-41)34-14-8-18-37-40(34)33-13-5-7-17-36(33)50-37)27-19-21-30-31-22-20-28(25-39(31)51-38(30)24-27)49-35-16-6-4-12-29(35)32-15-9-23-45-44(32)49/h1-25H. The molecule has 0 aliphatic rings. The van der Waals surface area contributed by atoms with Crippen LogP contribution < -0.4 is 0 Å². The van der Waals surface area contributed by atoms with E-state index in [0.29, 0.717) is 17.5 Å². The van der Waals surface area contributed by atoms with Crippen molar-refractivity contribution in [1.29, 1.82) is 0 Å². The lowest BCUT2D eigenvalue weighted by atomic mass is 10.1. The van der Waals surface area contributed by atoms with Gasteiger partial charge in [-0.2, -0.15) is 0 Å². The van der Waals surface area contributed by atoms with E-state index in [0.717, 1.165) is 38.9 Å². The Morgan fingerprint density at radius 1 is 0.431 bits per heavy atom. The Balaban J connectivity index is 1.08. The fourth-order valence-electron chi connectivity index (χ4n) is 7.40. The largest absolute Gasteiger partial charge is 0.294 e. The van der Waals surface area contributed by atoms with Gasteiger partial charge < -0.3 is 0 Å². The highest BCUT2D eigenvalue weighted by molar-refractivity contribution is 7.26. The van der Waals surface area contributed by atoms with Gasteiger partial charge in [0.05, 0.1) is 5.52 Å². The van der Waals surface area contributed by atoms with Crippen LogP contribution in [0.3, 0.4) is 0 Å². The SMILES string of the molecule is c1ccc(-c2nc(-c3ccc4c(c3)sc3cc(-n5c6ccccc6c6cccnc65)ccc34)nc(-c3cccc4sc5ccccc5c34)n2)cc1. The lowest BCUT2D eigenvalue weighted by molar-refractivity contribution is 1.08. The van der Waals surface area contributed by atoms with Crippen LogP contribution >= 0.6 is 22.7 Å². The normalized spacial score (nSPS) is 11.9. The molecule has 0 N–H and O–H groups in total. The van der Waals surface area contributed by atoms with E-state index >= 15 is 0 Å². The maximum atomic E-state index is 5.18. The average Bonchev–Trinajstić information content (AvgIpc) is 3.87. The van der Waals surface area contributed by atoms with Gasteiger partial charge in [-0.1, -0.05) is 97.1 Å². The molecule has 7 heteroatoms. The van der Waals surface area contributed by atoms with Crippen LogP contribution in [0.4, 0.5) is 0 Å². The van der Waals surface area contributed by atoms with Crippen LogP contribution in [-0.2, 0) is 0 Å². The molecule has 11 aromatic rings. The number of pyridine rings is 1. The third-order valence-electron chi connectivity index (χ3n) is 9.72. The maximum absolute atomic E-state index is 5.18. The first-order valence-corrected chi connectivity index (χ1v) is 18.4. The van der Waals surface area contributed by atoms with Gasteiger partial charge in [0.2, 0.25) is 0 Å². The molecule has 0 bridgehead atoms. The fourth-order valence-corrected chi connectivity index (χ4v) is 9.71. The molecule has 0 fully saturated rings. The number of hydrogen-bond acceptors (Lipinski definition) is 6. The molecule has 0 unspecified atom stereocenters. The van der Waals surface area contributed by atoms with Gasteiger partial charge in [-0.05, 0) is 48.5 Å². The van der Waals surface area contributed by atoms with E-state index in [1.165, 1.54) is 45.7 Å². The summed E-state index contributed by atoms with van der Waals surface area (Å²) in [6, 6.07) is 51.2. The van der Waals surface area contributed by atoms with E-state index in [4.69, 9.17) is 19.9 Å². The van der Waals surface area contributed by atoms with Crippen LogP contribution in [0, 0.1) is 0 Å². The van der Waals surface area contributed by atoms with Crippen LogP contribution in [0.15, 0.2) is 152 Å². The molecule has 0 radical (unpaired) electrons. The lowest BCUT2D eigenvalue weighted by Crippen LogP contribution is -2.00. The number of aromatic nitrogens is 5. The predicted octanol–water partition coefficient (Wildman–Crippen LogP) is 12.1. The summed E-state index contributed by atoms with van der Waals surface area (Å²) >= 11 is 3.60. The van der Waals surface area contributed by atoms with E-state index in [1.807, 2.05) is 30.5 Å². The predicted molar refractivity (Wildman–Crippen MR) is 214 cm³/mol. The molecule has 5 nitrogen and oxygen atoms in total. The molecule has 0 aliphatic carbocycles. The molecule has 0 spiro atoms. The molecule has 0 aliphatic heterocycles. The molecular formula is C44H25N5S2. The van der Waals surface area contributed by atoms with Gasteiger partial charge in [-0.25, -0.2) is 19.9 Å². The fraction of sp³-hybridized carbons (Fsp3) is 0. The molecule has 238 valence electrons. The summed E-state index contributed by atoms with van der Waals surface area (Å²) in [5.74, 6) is 1.99. The molecule has 5 heterocycles. The van der Waals surface area contributed by atoms with Crippen LogP contribution in [0.25, 0.3) is 102 Å². The zero-order valence-corrected chi connectivity index (χ0v) is 28.6. The summed E-state index contributed by atoms with van der Waals surface area (Å²) in [4.78, 5) is 20.1. The summed E-state index contributed by atoms with van der Waals surface area (Å²) in [5.41, 5.74) is 6.15. The van der Waals surface area contributed by atoms with Gasteiger partial charge in [0.25, 0.3) is 0 Å². The van der Waals surface area contributed by atoms with Crippen molar-refractivity contribution in [2.24, 2.45) is 0 Å². The Morgan fingerprint density at radius 3 is 2.02 bits per heavy atom. The van der Waals surface area contributed by atoms with Crippen molar-refractivity contribution < 1.29 is 0 Å². The average molecular weight is 688 g/mol. The van der Waals surface area contributed by atoms with Gasteiger partial charge in [-0.3, -0.25) is 4.57 Å². The van der Waals surface area contributed by atoms with Crippen LogP contribution in [0.1, 0.15) is 0 Å². The second kappa shape index (κ2) is 11.1. The Labute approximate surface area is 299 Å². The molecular weight excluding hydrogens is 663 g/mol. The van der Waals surface area contributed by atoms with Crippen molar-refractivity contribution in [3.8, 4) is 39.9 Å². The van der Waals surface area contributed by atoms with Crippen LogP contribution in [-0.4, -0.2) is 24.5 Å². The van der Waals surface area contributed by atoms with Crippen molar-refractivity contribution in [2.75, 3.05) is 0 Å². The summed E-state index contributed by atoms with van der Waals surface area (Å²) in [5, 5.41) is 7.22. The Bertz CT molecular complexity index is 3100. The van der Waals surface area contributed by atoms with Gasteiger partial charge in [0.1, 0.15) is 5.65 Å². The summed E-state index contributed by atoms with van der Waals surface area (Å²) in [6.45, 7) is 0. The first kappa shape index (κ1) is 28.5. The second-order valence-electron chi connectivity index (χ2n) is 12.7. The molecule has 0 amide bonds. The highest BCUT2D eigenvalue weighted by Gasteiger charge is 2.18. The minimum atomic E-state index is 0.659. The summed E-state index contributed by atoms with van der Waals surface area (Å²) in [7, 11) is 0. The molecule has 11 rings (SSSR count). The Morgan fingerprint density at radius 2 is 1.12 bits per heavy atom. The van der Waals surface area contributed by atoms with Crippen molar-refractivity contribution in [2.45, 2.75) is 0 Å². The third-order valence-corrected chi connectivity index (χ3v) is 12.0. The number of hydrogen-bond donors (Lipinski definition) is 0. The Hall–Kier alpha value is -6.28. The second-order valence-corrected chi connectivity index (χ2v) is 14.8. The van der Waals surface area contributed by atoms with E-state index in [2.05, 4.69) is 126 Å². The van der Waals surface area contributed by atoms with Crippen molar-refractivity contribution in [3.63, 3.8) is 0 Å². The molecule has 0 saturated carbocycles. The monoisotopic (exact) mass is 687 g/mol. The van der Waals surface area contributed by atoms with Gasteiger partial charge in [-0.15, -0.1) is 22.7 Å². The van der Waals surface area contributed by atoms with Gasteiger partial charge in [0, 0.05) is 79.7 Å². The van der Waals surface area contributed by atoms with Crippen molar-refractivity contribution in [3.05, 3.63) is 152 Å². The van der Waals surface area contributed by atoms with Crippen molar-refractivity contribution >= 4 is 85.0 Å². The zero-order chi connectivity index (χ0) is 33.5. The van der Waals surface area contributed by atoms with Crippen LogP contribution in [0.2, 0.25) is 0 Å². The lowest BCUT2D eigenvalue weighted by Gasteiger charge is -2.09. The highest BCUT2D eigenvalue weighted by atomic mass is 32.1. The maximum Gasteiger partial charge on any atom is 0.164 e. The summed E-state index contributed by atoms with van der Waals surface area (Å²) < 4.78 is 7.16. The molecule has 6 aromatic carbocycles. The molecule has 5 aromatic heterocycles. The molecule has 0 saturated heterocycles. The number of benzene rings is 6. The van der Waals surface area contributed by atoms with Gasteiger partial charge in [0.15, 0.2) is 17.5 Å². The van der Waals surface area contributed by atoms with E-state index in [9.17, 15) is 0 Å². The smallest absolute Gasteiger partial charge is 0.164 e. The number of rotatable bonds is 4. The Kier molecular flexibility index (Phi) is 6.22. The number of thiophene rings is 2. The zero-order valence-electron chi connectivity index (χ0n) is 27.0. The minimum absolute atomic E-state index is 0.659. The quantitative estimate of drug-likeness (QED) is 0.185. The first-order chi connectivity index (χ1) is 25.3. The topological polar surface area (TPSA) is 56.5 Å². The highest BCUT2D eigenvalue weighted by Crippen LogP contribution is 2.41. The number of nitrogens with zero attached hydrogens (tertiary/aromatic N) is 5. The van der Waals surface area contributed by atoms with E-state index < -0.39 is 0 Å². The molecule has 0 atom stereocenters. The minimum Gasteiger partial charge on any atom is -0.294 e. The van der Waals surface area contributed by atoms with Crippen molar-refractivity contribution in [1.82, 2.24) is 24.5 Å². The van der Waals surface area contributed by atoms with E-state index in [-0.39, 0.29) is 0 Å². The van der Waals surface area contributed by atoms with E-state index in [1.54, 1.807) is 22.7 Å². The first-order valence-electron chi connectivity index (χ1n) is 16.8. The number of para-hydroxylation sites is 1. The third kappa shape index (κ3) is 4.45. The molecule has 51 heavy (non-hydrogen) atoms. The summed E-state index contributed by atoms with van der Waals surface area (Å²) in [6.07, 6.45) is 1.87. The van der Waals surface area contributed by atoms with Gasteiger partial charge >= 0.3 is 0 Å². The number of fused-ring (bicyclic) bond motifs is 9. The van der Waals surface area contributed by atoms with Crippen LogP contribution in [0.5, 0.6) is 0 Å².